The van der Waals surface area contributed by atoms with Gasteiger partial charge in [0.05, 0.1) is 25.3 Å². The Bertz CT molecular complexity index is 975. The van der Waals surface area contributed by atoms with E-state index in [1.54, 1.807) is 12.5 Å². The summed E-state index contributed by atoms with van der Waals surface area (Å²) < 4.78 is 11.1. The van der Waals surface area contributed by atoms with Crippen molar-refractivity contribution in [3.05, 3.63) is 29.8 Å². The second kappa shape index (κ2) is 8.38. The molecule has 6 heterocycles. The lowest BCUT2D eigenvalue weighted by Gasteiger charge is -2.49. The fourth-order valence-corrected chi connectivity index (χ4v) is 4.99. The number of piperidine rings is 3. The van der Waals surface area contributed by atoms with E-state index < -0.39 is 0 Å². The number of aromatic nitrogens is 1. The quantitative estimate of drug-likeness (QED) is 0.780. The number of pyridine rings is 1. The maximum Gasteiger partial charge on any atom is 0.274 e. The molecule has 4 aliphatic rings. The van der Waals surface area contributed by atoms with Gasteiger partial charge in [-0.25, -0.2) is 4.98 Å². The summed E-state index contributed by atoms with van der Waals surface area (Å²) in [5, 5.41) is 4.09. The van der Waals surface area contributed by atoms with Gasteiger partial charge in [-0.15, -0.1) is 0 Å². The molecule has 30 heavy (non-hydrogen) atoms. The second-order valence-corrected chi connectivity index (χ2v) is 8.49. The van der Waals surface area contributed by atoms with Crippen molar-refractivity contribution in [3.8, 4) is 11.8 Å². The Kier molecular flexibility index (Phi) is 5.47. The highest BCUT2D eigenvalue weighted by Gasteiger charge is 2.40. The number of hydrogen-bond donors (Lipinski definition) is 1. The molecule has 4 fully saturated rings. The van der Waals surface area contributed by atoms with Crippen LogP contribution in [0.3, 0.4) is 0 Å². The number of ether oxygens (including phenoxy) is 1. The molecule has 2 atom stereocenters. The van der Waals surface area contributed by atoms with Crippen molar-refractivity contribution in [2.75, 3.05) is 45.9 Å². The van der Waals surface area contributed by atoms with E-state index in [4.69, 9.17) is 9.15 Å². The van der Waals surface area contributed by atoms with Crippen LogP contribution in [0.25, 0.3) is 11.0 Å². The van der Waals surface area contributed by atoms with Gasteiger partial charge in [0, 0.05) is 36.8 Å². The fraction of sp³-hybridized carbons (Fsp3) is 0.565. The highest BCUT2D eigenvalue weighted by molar-refractivity contribution is 6.04. The Hall–Kier alpha value is -2.40. The first-order valence-corrected chi connectivity index (χ1v) is 10.9. The van der Waals surface area contributed by atoms with Crippen LogP contribution in [-0.2, 0) is 4.74 Å². The molecular weight excluding hydrogens is 380 g/mol. The third-order valence-electron chi connectivity index (χ3n) is 6.81. The van der Waals surface area contributed by atoms with Crippen LogP contribution in [0.5, 0.6) is 0 Å². The molecule has 7 heteroatoms. The number of carbonyl (C=O) groups is 1. The third-order valence-corrected chi connectivity index (χ3v) is 6.81. The number of furan rings is 1. The van der Waals surface area contributed by atoms with E-state index in [-0.39, 0.29) is 11.9 Å². The largest absolute Gasteiger partial charge is 0.460 e. The Morgan fingerprint density at radius 1 is 1.27 bits per heavy atom. The first-order chi connectivity index (χ1) is 14.7. The van der Waals surface area contributed by atoms with Crippen molar-refractivity contribution >= 4 is 16.9 Å². The highest BCUT2D eigenvalue weighted by atomic mass is 16.5. The molecule has 1 N–H and O–H groups in total. The van der Waals surface area contributed by atoms with E-state index in [0.717, 1.165) is 63.2 Å². The van der Waals surface area contributed by atoms with Crippen LogP contribution in [0, 0.1) is 17.8 Å². The minimum atomic E-state index is -0.159. The number of rotatable bonds is 3. The monoisotopic (exact) mass is 408 g/mol. The topological polar surface area (TPSA) is 70.8 Å². The second-order valence-electron chi connectivity index (χ2n) is 8.49. The Balaban J connectivity index is 1.32. The van der Waals surface area contributed by atoms with Gasteiger partial charge in [0.25, 0.3) is 5.91 Å². The van der Waals surface area contributed by atoms with Gasteiger partial charge in [-0.3, -0.25) is 14.6 Å². The molecule has 0 saturated carbocycles. The van der Waals surface area contributed by atoms with Crippen LogP contribution >= 0.6 is 0 Å². The molecule has 2 bridgehead atoms. The van der Waals surface area contributed by atoms with Gasteiger partial charge in [0.1, 0.15) is 6.26 Å². The average molecular weight is 409 g/mol. The van der Waals surface area contributed by atoms with Gasteiger partial charge >= 0.3 is 0 Å². The van der Waals surface area contributed by atoms with Crippen LogP contribution in [0.2, 0.25) is 0 Å². The van der Waals surface area contributed by atoms with Crippen molar-refractivity contribution in [3.63, 3.8) is 0 Å². The molecule has 0 radical (unpaired) electrons. The smallest absolute Gasteiger partial charge is 0.274 e. The number of hydrogen-bond acceptors (Lipinski definition) is 6. The van der Waals surface area contributed by atoms with Crippen molar-refractivity contribution in [2.45, 2.75) is 31.8 Å². The van der Waals surface area contributed by atoms with Crippen LogP contribution in [0.1, 0.15) is 35.8 Å². The summed E-state index contributed by atoms with van der Waals surface area (Å²) in [5.74, 6) is 6.81. The Labute approximate surface area is 176 Å². The van der Waals surface area contributed by atoms with E-state index in [2.05, 4.69) is 38.9 Å². The molecule has 2 aromatic heterocycles. The standard InChI is InChI=1S/C23H28N4O3/c1-16-20(17-5-9-27(16)10-6-17)25-23(28)21-22-19(4-7-24-21)18(15-30-22)3-2-8-26-11-13-29-14-12-26/h4,7,15-17,20H,5-6,8-14H2,1H3,(H,25,28)/t16-,20-/m0/s1. The van der Waals surface area contributed by atoms with Crippen molar-refractivity contribution in [2.24, 2.45) is 5.92 Å². The number of nitrogens with zero attached hydrogens (tertiary/aromatic N) is 3. The van der Waals surface area contributed by atoms with Crippen LogP contribution in [0.15, 0.2) is 22.9 Å². The molecule has 158 valence electrons. The SMILES string of the molecule is C[C@H]1[C@H](NC(=O)c2nccc3c(C#CCN4CCOCC4)coc23)C2CCN1CC2. The van der Waals surface area contributed by atoms with E-state index in [9.17, 15) is 4.79 Å². The molecule has 4 aliphatic heterocycles. The Morgan fingerprint density at radius 2 is 2.07 bits per heavy atom. The molecule has 0 spiro atoms. The first kappa shape index (κ1) is 19.6. The molecule has 2 aromatic rings. The van der Waals surface area contributed by atoms with E-state index in [0.29, 0.717) is 29.8 Å². The number of fused-ring (bicyclic) bond motifs is 4. The molecule has 4 saturated heterocycles. The van der Waals surface area contributed by atoms with E-state index in [1.165, 1.54) is 0 Å². The van der Waals surface area contributed by atoms with Crippen LogP contribution in [-0.4, -0.2) is 78.7 Å². The lowest BCUT2D eigenvalue weighted by atomic mass is 9.79. The lowest BCUT2D eigenvalue weighted by molar-refractivity contribution is 0.0216. The van der Waals surface area contributed by atoms with Crippen LogP contribution < -0.4 is 5.32 Å². The van der Waals surface area contributed by atoms with Crippen LogP contribution in [0.4, 0.5) is 0 Å². The maximum absolute atomic E-state index is 13.1. The molecular formula is C23H28N4O3. The fourth-order valence-electron chi connectivity index (χ4n) is 4.99. The number of carbonyl (C=O) groups excluding carboxylic acids is 1. The predicted octanol–water partition coefficient (Wildman–Crippen LogP) is 1.72. The summed E-state index contributed by atoms with van der Waals surface area (Å²) in [7, 11) is 0. The predicted molar refractivity (Wildman–Crippen MR) is 113 cm³/mol. The molecule has 0 aliphatic carbocycles. The maximum atomic E-state index is 13.1. The summed E-state index contributed by atoms with van der Waals surface area (Å²) in [5.41, 5.74) is 1.66. The zero-order chi connectivity index (χ0) is 20.5. The molecule has 1 amide bonds. The normalized spacial score (nSPS) is 28.8. The minimum Gasteiger partial charge on any atom is -0.460 e. The summed E-state index contributed by atoms with van der Waals surface area (Å²) in [6, 6.07) is 2.39. The average Bonchev–Trinajstić information content (AvgIpc) is 3.20. The first-order valence-electron chi connectivity index (χ1n) is 10.9. The molecule has 6 rings (SSSR count). The van der Waals surface area contributed by atoms with Crippen molar-refractivity contribution < 1.29 is 13.9 Å². The molecule has 0 unspecified atom stereocenters. The number of amides is 1. The van der Waals surface area contributed by atoms with Gasteiger partial charge < -0.3 is 14.5 Å². The van der Waals surface area contributed by atoms with E-state index >= 15 is 0 Å². The van der Waals surface area contributed by atoms with Crippen molar-refractivity contribution in [1.82, 2.24) is 20.1 Å². The minimum absolute atomic E-state index is 0.159. The summed E-state index contributed by atoms with van der Waals surface area (Å²) in [6.45, 7) is 8.52. The van der Waals surface area contributed by atoms with Gasteiger partial charge in [-0.2, -0.15) is 0 Å². The zero-order valence-electron chi connectivity index (χ0n) is 17.4. The molecule has 7 nitrogen and oxygen atoms in total. The van der Waals surface area contributed by atoms with E-state index in [1.807, 2.05) is 6.07 Å². The summed E-state index contributed by atoms with van der Waals surface area (Å²) >= 11 is 0. The van der Waals surface area contributed by atoms with Gasteiger partial charge in [0.15, 0.2) is 11.3 Å². The summed E-state index contributed by atoms with van der Waals surface area (Å²) in [6.07, 6.45) is 5.60. The van der Waals surface area contributed by atoms with Gasteiger partial charge in [0.2, 0.25) is 0 Å². The number of nitrogens with one attached hydrogen (secondary N) is 1. The highest BCUT2D eigenvalue weighted by Crippen LogP contribution is 2.32. The lowest BCUT2D eigenvalue weighted by Crippen LogP contribution is -2.62. The van der Waals surface area contributed by atoms with Gasteiger partial charge in [-0.1, -0.05) is 11.8 Å². The Morgan fingerprint density at radius 3 is 2.83 bits per heavy atom. The van der Waals surface area contributed by atoms with Crippen molar-refractivity contribution in [1.29, 1.82) is 0 Å². The molecule has 0 aromatic carbocycles. The number of morpholine rings is 1. The third kappa shape index (κ3) is 3.71. The zero-order valence-corrected chi connectivity index (χ0v) is 17.4. The summed E-state index contributed by atoms with van der Waals surface area (Å²) in [4.78, 5) is 22.1. The van der Waals surface area contributed by atoms with Gasteiger partial charge in [-0.05, 0) is 44.8 Å².